The van der Waals surface area contributed by atoms with Crippen LogP contribution in [0.3, 0.4) is 0 Å². The molecule has 0 aliphatic rings. The molecule has 2 aromatic rings. The molecule has 8 nitrogen and oxygen atoms in total. The minimum absolute atomic E-state index is 0.0571. The van der Waals surface area contributed by atoms with Crippen LogP contribution < -0.4 is 5.32 Å². The van der Waals surface area contributed by atoms with Crippen molar-refractivity contribution in [3.63, 3.8) is 0 Å². The van der Waals surface area contributed by atoms with E-state index in [0.717, 1.165) is 12.1 Å². The third-order valence-corrected chi connectivity index (χ3v) is 3.04. The number of carbonyl (C=O) groups is 1. The Kier molecular flexibility index (Phi) is 4.33. The van der Waals surface area contributed by atoms with Crippen LogP contribution in [0.15, 0.2) is 42.5 Å². The number of anilines is 1. The monoisotopic (exact) mass is 321 g/mol. The standard InChI is InChI=1S/C13H8ClN3O5/c14-11-5-4-9(7-12(11)17(21)22)15-13(18)8-2-1-3-10(6-8)16(19)20/h1-7H,(H,15,18). The van der Waals surface area contributed by atoms with Gasteiger partial charge in [-0.05, 0) is 18.2 Å². The fourth-order valence-corrected chi connectivity index (χ4v) is 1.88. The van der Waals surface area contributed by atoms with Crippen molar-refractivity contribution in [3.05, 3.63) is 73.3 Å². The van der Waals surface area contributed by atoms with E-state index in [1.165, 1.54) is 30.3 Å². The molecule has 0 saturated heterocycles. The van der Waals surface area contributed by atoms with Gasteiger partial charge in [0, 0.05) is 29.4 Å². The Morgan fingerprint density at radius 1 is 1.05 bits per heavy atom. The zero-order chi connectivity index (χ0) is 16.3. The zero-order valence-electron chi connectivity index (χ0n) is 10.9. The molecule has 0 aliphatic carbocycles. The van der Waals surface area contributed by atoms with Crippen molar-refractivity contribution in [1.29, 1.82) is 0 Å². The van der Waals surface area contributed by atoms with Crippen LogP contribution in [0.5, 0.6) is 0 Å². The molecule has 112 valence electrons. The van der Waals surface area contributed by atoms with Crippen molar-refractivity contribution in [2.45, 2.75) is 0 Å². The summed E-state index contributed by atoms with van der Waals surface area (Å²) in [6.07, 6.45) is 0. The number of nitrogens with one attached hydrogen (secondary N) is 1. The van der Waals surface area contributed by atoms with Crippen LogP contribution in [0.25, 0.3) is 0 Å². The number of nitro groups is 2. The molecule has 0 aromatic heterocycles. The van der Waals surface area contributed by atoms with Crippen molar-refractivity contribution in [2.75, 3.05) is 5.32 Å². The predicted molar refractivity (Wildman–Crippen MR) is 79.2 cm³/mol. The number of amides is 1. The number of benzene rings is 2. The Hall–Kier alpha value is -3.00. The second kappa shape index (κ2) is 6.19. The Morgan fingerprint density at radius 3 is 2.41 bits per heavy atom. The molecule has 0 radical (unpaired) electrons. The van der Waals surface area contributed by atoms with Crippen molar-refractivity contribution >= 4 is 34.6 Å². The number of carbonyl (C=O) groups excluding carboxylic acids is 1. The van der Waals surface area contributed by atoms with Gasteiger partial charge in [-0.25, -0.2) is 0 Å². The van der Waals surface area contributed by atoms with Crippen LogP contribution in [-0.4, -0.2) is 15.8 Å². The van der Waals surface area contributed by atoms with Crippen molar-refractivity contribution in [1.82, 2.24) is 0 Å². The lowest BCUT2D eigenvalue weighted by molar-refractivity contribution is -0.385. The van der Waals surface area contributed by atoms with Gasteiger partial charge in [0.2, 0.25) is 0 Å². The second-order valence-corrected chi connectivity index (χ2v) is 4.59. The molecular formula is C13H8ClN3O5. The van der Waals surface area contributed by atoms with E-state index in [4.69, 9.17) is 11.6 Å². The maximum absolute atomic E-state index is 12.0. The van der Waals surface area contributed by atoms with Crippen molar-refractivity contribution in [3.8, 4) is 0 Å². The molecule has 2 aromatic carbocycles. The highest BCUT2D eigenvalue weighted by Crippen LogP contribution is 2.27. The van der Waals surface area contributed by atoms with Crippen LogP contribution in [0, 0.1) is 20.2 Å². The molecule has 1 amide bonds. The molecule has 0 aliphatic heterocycles. The lowest BCUT2D eigenvalue weighted by atomic mass is 10.2. The molecule has 1 N–H and O–H groups in total. The number of hydrogen-bond donors (Lipinski definition) is 1. The molecule has 9 heteroatoms. The summed E-state index contributed by atoms with van der Waals surface area (Å²) in [5.41, 5.74) is -0.354. The predicted octanol–water partition coefficient (Wildman–Crippen LogP) is 3.41. The Labute approximate surface area is 128 Å². The van der Waals surface area contributed by atoms with Gasteiger partial charge < -0.3 is 5.32 Å². The molecule has 0 bridgehead atoms. The number of rotatable bonds is 4. The third kappa shape index (κ3) is 3.36. The molecule has 0 heterocycles. The molecule has 0 fully saturated rings. The summed E-state index contributed by atoms with van der Waals surface area (Å²) in [6, 6.07) is 8.92. The number of hydrogen-bond acceptors (Lipinski definition) is 5. The first-order valence-electron chi connectivity index (χ1n) is 5.88. The molecule has 0 unspecified atom stereocenters. The van der Waals surface area contributed by atoms with E-state index in [-0.39, 0.29) is 27.6 Å². The van der Waals surface area contributed by atoms with Crippen LogP contribution in [0.1, 0.15) is 10.4 Å². The number of non-ortho nitro benzene ring substituents is 1. The highest BCUT2D eigenvalue weighted by Gasteiger charge is 2.15. The molecule has 0 spiro atoms. The summed E-state index contributed by atoms with van der Waals surface area (Å²) in [5, 5.41) is 23.8. The largest absolute Gasteiger partial charge is 0.322 e. The second-order valence-electron chi connectivity index (χ2n) is 4.18. The van der Waals surface area contributed by atoms with Crippen LogP contribution in [0.4, 0.5) is 17.1 Å². The third-order valence-electron chi connectivity index (χ3n) is 2.72. The maximum Gasteiger partial charge on any atom is 0.289 e. The normalized spacial score (nSPS) is 10.0. The Morgan fingerprint density at radius 2 is 1.77 bits per heavy atom. The van der Waals surface area contributed by atoms with Gasteiger partial charge in [0.15, 0.2) is 0 Å². The summed E-state index contributed by atoms with van der Waals surface area (Å²) in [4.78, 5) is 32.2. The van der Waals surface area contributed by atoms with Crippen LogP contribution in [-0.2, 0) is 0 Å². The summed E-state index contributed by atoms with van der Waals surface area (Å²) >= 11 is 5.67. The highest BCUT2D eigenvalue weighted by atomic mass is 35.5. The maximum atomic E-state index is 12.0. The van der Waals surface area contributed by atoms with E-state index in [1.54, 1.807) is 0 Å². The molecule has 0 saturated carbocycles. The van der Waals surface area contributed by atoms with E-state index < -0.39 is 15.8 Å². The molecule has 22 heavy (non-hydrogen) atoms. The topological polar surface area (TPSA) is 115 Å². The quantitative estimate of drug-likeness (QED) is 0.684. The van der Waals surface area contributed by atoms with Gasteiger partial charge in [-0.2, -0.15) is 0 Å². The van der Waals surface area contributed by atoms with Crippen LogP contribution >= 0.6 is 11.6 Å². The van der Waals surface area contributed by atoms with Gasteiger partial charge in [-0.3, -0.25) is 25.0 Å². The van der Waals surface area contributed by atoms with Gasteiger partial charge in [0.05, 0.1) is 9.85 Å². The van der Waals surface area contributed by atoms with E-state index in [9.17, 15) is 25.0 Å². The fourth-order valence-electron chi connectivity index (χ4n) is 1.69. The average Bonchev–Trinajstić information content (AvgIpc) is 2.49. The first kappa shape index (κ1) is 15.4. The molecular weight excluding hydrogens is 314 g/mol. The summed E-state index contributed by atoms with van der Waals surface area (Å²) in [5.74, 6) is -0.625. The minimum Gasteiger partial charge on any atom is -0.322 e. The van der Waals surface area contributed by atoms with Gasteiger partial charge >= 0.3 is 0 Å². The minimum atomic E-state index is -0.675. The number of nitro benzene ring substituents is 2. The first-order chi connectivity index (χ1) is 10.4. The first-order valence-corrected chi connectivity index (χ1v) is 6.26. The average molecular weight is 322 g/mol. The number of nitrogens with zero attached hydrogens (tertiary/aromatic N) is 2. The fraction of sp³-hybridized carbons (Fsp3) is 0. The summed E-state index contributed by atoms with van der Waals surface area (Å²) in [6.45, 7) is 0. The van der Waals surface area contributed by atoms with E-state index >= 15 is 0 Å². The SMILES string of the molecule is O=C(Nc1ccc(Cl)c([N+](=O)[O-])c1)c1cccc([N+](=O)[O-])c1. The molecule has 2 rings (SSSR count). The van der Waals surface area contributed by atoms with Gasteiger partial charge in [-0.15, -0.1) is 0 Å². The number of halogens is 1. The highest BCUT2D eigenvalue weighted by molar-refractivity contribution is 6.32. The lowest BCUT2D eigenvalue weighted by Crippen LogP contribution is -2.12. The smallest absolute Gasteiger partial charge is 0.289 e. The van der Waals surface area contributed by atoms with Gasteiger partial charge in [-0.1, -0.05) is 17.7 Å². The van der Waals surface area contributed by atoms with Crippen LogP contribution in [0.2, 0.25) is 5.02 Å². The van der Waals surface area contributed by atoms with Crippen molar-refractivity contribution < 1.29 is 14.6 Å². The van der Waals surface area contributed by atoms with Gasteiger partial charge in [0.25, 0.3) is 17.3 Å². The zero-order valence-corrected chi connectivity index (χ0v) is 11.6. The van der Waals surface area contributed by atoms with E-state index in [2.05, 4.69) is 5.32 Å². The van der Waals surface area contributed by atoms with E-state index in [1.807, 2.05) is 0 Å². The van der Waals surface area contributed by atoms with Crippen molar-refractivity contribution in [2.24, 2.45) is 0 Å². The molecule has 0 atom stereocenters. The summed E-state index contributed by atoms with van der Waals surface area (Å²) in [7, 11) is 0. The summed E-state index contributed by atoms with van der Waals surface area (Å²) < 4.78 is 0. The van der Waals surface area contributed by atoms with Gasteiger partial charge in [0.1, 0.15) is 5.02 Å². The lowest BCUT2D eigenvalue weighted by Gasteiger charge is -2.05. The Balaban J connectivity index is 2.26. The van der Waals surface area contributed by atoms with E-state index in [0.29, 0.717) is 0 Å². The Bertz CT molecular complexity index is 778.